The van der Waals surface area contributed by atoms with Crippen molar-refractivity contribution in [2.75, 3.05) is 26.2 Å². The van der Waals surface area contributed by atoms with Gasteiger partial charge in [-0.25, -0.2) is 0 Å². The van der Waals surface area contributed by atoms with Crippen molar-refractivity contribution < 1.29 is 13.2 Å². The zero-order chi connectivity index (χ0) is 18.6. The van der Waals surface area contributed by atoms with Gasteiger partial charge in [-0.15, -0.1) is 24.8 Å². The van der Waals surface area contributed by atoms with E-state index in [9.17, 15) is 13.2 Å². The van der Waals surface area contributed by atoms with Crippen LogP contribution < -0.4 is 5.32 Å². The highest BCUT2D eigenvalue weighted by molar-refractivity contribution is 7.99. The normalized spacial score (nSPS) is 16.0. The molecule has 0 amide bonds. The summed E-state index contributed by atoms with van der Waals surface area (Å²) in [6.45, 7) is 2.64. The van der Waals surface area contributed by atoms with Crippen LogP contribution in [0.1, 0.15) is 18.0 Å². The predicted molar refractivity (Wildman–Crippen MR) is 114 cm³/mol. The van der Waals surface area contributed by atoms with E-state index < -0.39 is 18.6 Å². The first kappa shape index (κ1) is 25.4. The Hall–Kier alpha value is -0.630. The summed E-state index contributed by atoms with van der Waals surface area (Å²) in [6, 6.07) is 14.0. The molecule has 0 aliphatic carbocycles. The van der Waals surface area contributed by atoms with E-state index in [1.165, 1.54) is 11.8 Å². The van der Waals surface area contributed by atoms with Gasteiger partial charge >= 0.3 is 6.18 Å². The Morgan fingerprint density at radius 2 is 1.61 bits per heavy atom. The second kappa shape index (κ2) is 11.5. The molecule has 1 aliphatic rings. The quantitative estimate of drug-likeness (QED) is 0.554. The Morgan fingerprint density at radius 3 is 2.21 bits per heavy atom. The number of alkyl halides is 3. The molecular weight excluding hydrogens is 452 g/mol. The molecule has 0 bridgehead atoms. The minimum absolute atomic E-state index is 0. The molecule has 1 fully saturated rings. The van der Waals surface area contributed by atoms with Crippen LogP contribution in [0.25, 0.3) is 0 Å². The Morgan fingerprint density at radius 1 is 1.00 bits per heavy atom. The monoisotopic (exact) mass is 472 g/mol. The molecule has 0 radical (unpaired) electrons. The fraction of sp³-hybridized carbons (Fsp3) is 0.368. The van der Waals surface area contributed by atoms with Gasteiger partial charge in [-0.2, -0.15) is 13.2 Å². The summed E-state index contributed by atoms with van der Waals surface area (Å²) < 4.78 is 39.9. The van der Waals surface area contributed by atoms with Gasteiger partial charge in [0, 0.05) is 47.0 Å². The van der Waals surface area contributed by atoms with Crippen LogP contribution in [0.2, 0.25) is 5.02 Å². The molecule has 0 spiro atoms. The first-order valence-corrected chi connectivity index (χ1v) is 9.66. The second-order valence-corrected chi connectivity index (χ2v) is 7.77. The van der Waals surface area contributed by atoms with Gasteiger partial charge in [0.2, 0.25) is 0 Å². The predicted octanol–water partition coefficient (Wildman–Crippen LogP) is 6.23. The number of rotatable bonds is 5. The number of hydrogen-bond acceptors (Lipinski definition) is 3. The second-order valence-electron chi connectivity index (χ2n) is 6.21. The minimum atomic E-state index is -4.21. The van der Waals surface area contributed by atoms with Crippen molar-refractivity contribution in [1.82, 2.24) is 10.2 Å². The molecule has 1 aliphatic heterocycles. The Labute approximate surface area is 185 Å². The molecule has 0 saturated carbocycles. The van der Waals surface area contributed by atoms with Gasteiger partial charge in [0.15, 0.2) is 0 Å². The molecule has 3 rings (SSSR count). The van der Waals surface area contributed by atoms with Crippen LogP contribution in [0, 0.1) is 0 Å². The lowest BCUT2D eigenvalue weighted by molar-refractivity contribution is -0.149. The number of halogens is 6. The topological polar surface area (TPSA) is 15.3 Å². The fourth-order valence-electron chi connectivity index (χ4n) is 3.13. The largest absolute Gasteiger partial charge is 0.390 e. The molecule has 28 heavy (non-hydrogen) atoms. The fourth-order valence-corrected chi connectivity index (χ4v) is 4.25. The van der Waals surface area contributed by atoms with E-state index >= 15 is 0 Å². The van der Waals surface area contributed by atoms with Crippen LogP contribution in [-0.2, 0) is 0 Å². The molecule has 2 nitrogen and oxygen atoms in total. The molecule has 1 atom stereocenters. The van der Waals surface area contributed by atoms with Crippen LogP contribution in [0.5, 0.6) is 0 Å². The van der Waals surface area contributed by atoms with E-state index in [0.717, 1.165) is 15.4 Å². The van der Waals surface area contributed by atoms with Crippen LogP contribution in [-0.4, -0.2) is 37.3 Å². The summed E-state index contributed by atoms with van der Waals surface area (Å²) in [6.07, 6.45) is -5.06. The average molecular weight is 474 g/mol. The van der Waals surface area contributed by atoms with Crippen molar-refractivity contribution >= 4 is 48.2 Å². The molecule has 1 heterocycles. The first-order valence-electron chi connectivity index (χ1n) is 8.46. The van der Waals surface area contributed by atoms with Crippen LogP contribution in [0.15, 0.2) is 58.3 Å². The van der Waals surface area contributed by atoms with Crippen molar-refractivity contribution in [3.8, 4) is 0 Å². The maximum atomic E-state index is 13.3. The van der Waals surface area contributed by atoms with Gasteiger partial charge in [-0.3, -0.25) is 4.90 Å². The third kappa shape index (κ3) is 7.32. The van der Waals surface area contributed by atoms with Gasteiger partial charge in [-0.1, -0.05) is 41.6 Å². The van der Waals surface area contributed by atoms with Crippen molar-refractivity contribution in [2.24, 2.45) is 0 Å². The number of nitrogens with zero attached hydrogens (tertiary/aromatic N) is 1. The van der Waals surface area contributed by atoms with Gasteiger partial charge < -0.3 is 5.32 Å². The molecule has 2 aromatic rings. The number of nitrogens with one attached hydrogen (secondary N) is 1. The van der Waals surface area contributed by atoms with E-state index in [-0.39, 0.29) is 24.8 Å². The van der Waals surface area contributed by atoms with Crippen molar-refractivity contribution in [1.29, 1.82) is 0 Å². The minimum Gasteiger partial charge on any atom is -0.314 e. The number of hydrogen-bond donors (Lipinski definition) is 1. The third-order valence-electron chi connectivity index (χ3n) is 4.34. The van der Waals surface area contributed by atoms with Crippen molar-refractivity contribution in [2.45, 2.75) is 28.4 Å². The van der Waals surface area contributed by atoms with Gasteiger partial charge in [0.05, 0.1) is 6.42 Å². The van der Waals surface area contributed by atoms with Crippen LogP contribution in [0.3, 0.4) is 0 Å². The van der Waals surface area contributed by atoms with Gasteiger partial charge in [0.1, 0.15) is 0 Å². The van der Waals surface area contributed by atoms with Gasteiger partial charge in [0.25, 0.3) is 0 Å². The molecule has 1 saturated heterocycles. The average Bonchev–Trinajstić information content (AvgIpc) is 2.62. The van der Waals surface area contributed by atoms with Crippen LogP contribution >= 0.6 is 48.2 Å². The smallest absolute Gasteiger partial charge is 0.314 e. The lowest BCUT2D eigenvalue weighted by atomic mass is 10.0. The van der Waals surface area contributed by atoms with E-state index in [0.29, 0.717) is 31.2 Å². The molecule has 9 heteroatoms. The zero-order valence-electron chi connectivity index (χ0n) is 14.9. The zero-order valence-corrected chi connectivity index (χ0v) is 18.1. The summed E-state index contributed by atoms with van der Waals surface area (Å²) in [5, 5.41) is 3.84. The van der Waals surface area contributed by atoms with E-state index in [1.807, 2.05) is 41.3 Å². The highest BCUT2D eigenvalue weighted by atomic mass is 35.5. The third-order valence-corrected chi connectivity index (χ3v) is 5.69. The van der Waals surface area contributed by atoms with E-state index in [4.69, 9.17) is 11.6 Å². The maximum Gasteiger partial charge on any atom is 0.390 e. The standard InChI is InChI=1S/C19H20ClF3N2S.2ClH/c20-14-5-7-15(8-6-14)26-18-4-2-1-3-16(18)17(13-19(21,22)23)25-11-9-24-10-12-25;;/h1-8,17,24H,9-13H2;2*1H/t17-;;/m0../s1. The first-order chi connectivity index (χ1) is 12.4. The molecule has 2 aromatic carbocycles. The van der Waals surface area contributed by atoms with Crippen molar-refractivity contribution in [3.05, 3.63) is 59.1 Å². The summed E-state index contributed by atoms with van der Waals surface area (Å²) in [7, 11) is 0. The molecule has 0 aromatic heterocycles. The summed E-state index contributed by atoms with van der Waals surface area (Å²) >= 11 is 7.40. The van der Waals surface area contributed by atoms with E-state index in [2.05, 4.69) is 5.32 Å². The van der Waals surface area contributed by atoms with Crippen molar-refractivity contribution in [3.63, 3.8) is 0 Å². The maximum absolute atomic E-state index is 13.3. The highest BCUT2D eigenvalue weighted by Crippen LogP contribution is 2.40. The molecular formula is C19H22Cl3F3N2S. The summed E-state index contributed by atoms with van der Waals surface area (Å²) in [5.74, 6) is 0. The Balaban J connectivity index is 0.00000196. The molecule has 1 N–H and O–H groups in total. The summed E-state index contributed by atoms with van der Waals surface area (Å²) in [4.78, 5) is 3.74. The van der Waals surface area contributed by atoms with E-state index in [1.54, 1.807) is 12.1 Å². The molecule has 156 valence electrons. The Bertz CT molecular complexity index is 723. The summed E-state index contributed by atoms with van der Waals surface area (Å²) in [5.41, 5.74) is 0.728. The van der Waals surface area contributed by atoms with Gasteiger partial charge in [-0.05, 0) is 35.9 Å². The lowest BCUT2D eigenvalue weighted by Crippen LogP contribution is -2.46. The number of piperazine rings is 1. The SMILES string of the molecule is Cl.Cl.FC(F)(F)C[C@@H](c1ccccc1Sc1ccc(Cl)cc1)N1CCNCC1. The highest BCUT2D eigenvalue weighted by Gasteiger charge is 2.36. The lowest BCUT2D eigenvalue weighted by Gasteiger charge is -2.36. The number of benzene rings is 2. The molecule has 0 unspecified atom stereocenters. The van der Waals surface area contributed by atoms with Crippen LogP contribution in [0.4, 0.5) is 13.2 Å². The Kier molecular flexibility index (Phi) is 10.5.